The second-order valence-electron chi connectivity index (χ2n) is 5.12. The number of esters is 1. The van der Waals surface area contributed by atoms with Gasteiger partial charge in [0.2, 0.25) is 5.78 Å². The van der Waals surface area contributed by atoms with Crippen LogP contribution in [0.4, 0.5) is 23.2 Å². The summed E-state index contributed by atoms with van der Waals surface area (Å²) in [5.74, 6) is -6.59. The Bertz CT molecular complexity index is 931. The number of anilines is 1. The Balaban J connectivity index is 2.43. The fraction of sp³-hybridized carbons (Fsp3) is 0.111. The van der Waals surface area contributed by atoms with Crippen LogP contribution >= 0.6 is 11.6 Å². The molecule has 0 spiro atoms. The van der Waals surface area contributed by atoms with E-state index in [1.54, 1.807) is 0 Å². The van der Waals surface area contributed by atoms with Crippen molar-refractivity contribution in [2.45, 2.75) is 6.92 Å². The second-order valence-corrected chi connectivity index (χ2v) is 5.53. The number of benzene rings is 2. The van der Waals surface area contributed by atoms with Crippen molar-refractivity contribution in [2.24, 2.45) is 0 Å². The lowest BCUT2D eigenvalue weighted by atomic mass is 10.0. The molecule has 142 valence electrons. The van der Waals surface area contributed by atoms with Crippen LogP contribution in [-0.2, 0) is 9.53 Å². The first-order chi connectivity index (χ1) is 12.7. The minimum Gasteiger partial charge on any atom is -0.462 e. The number of Topliss-reactive ketones (excluding diaryl/α,β-unsaturated/α-hetero) is 1. The summed E-state index contributed by atoms with van der Waals surface area (Å²) < 4.78 is 58.0. The molecule has 0 fully saturated rings. The van der Waals surface area contributed by atoms with Gasteiger partial charge >= 0.3 is 5.97 Å². The van der Waals surface area contributed by atoms with Gasteiger partial charge in [-0.3, -0.25) is 4.79 Å². The minimum absolute atomic E-state index is 0.0835. The molecule has 0 bridgehead atoms. The van der Waals surface area contributed by atoms with Gasteiger partial charge < -0.3 is 10.1 Å². The number of ether oxygens (including phenoxy) is 1. The van der Waals surface area contributed by atoms with Crippen LogP contribution in [-0.4, -0.2) is 18.4 Å². The van der Waals surface area contributed by atoms with Gasteiger partial charge in [0.25, 0.3) is 0 Å². The predicted octanol–water partition coefficient (Wildman–Crippen LogP) is 4.64. The fourth-order valence-electron chi connectivity index (χ4n) is 2.02. The Morgan fingerprint density at radius 3 is 2.37 bits per heavy atom. The van der Waals surface area contributed by atoms with Crippen molar-refractivity contribution >= 4 is 29.0 Å². The number of hydrogen-bond acceptors (Lipinski definition) is 4. The van der Waals surface area contributed by atoms with Gasteiger partial charge in [-0.05, 0) is 31.2 Å². The maximum absolute atomic E-state index is 13.7. The van der Waals surface area contributed by atoms with E-state index in [1.807, 2.05) is 0 Å². The average Bonchev–Trinajstić information content (AvgIpc) is 2.60. The summed E-state index contributed by atoms with van der Waals surface area (Å²) in [4.78, 5) is 24.6. The predicted molar refractivity (Wildman–Crippen MR) is 90.4 cm³/mol. The first-order valence-corrected chi connectivity index (χ1v) is 7.90. The van der Waals surface area contributed by atoms with E-state index in [1.165, 1.54) is 6.92 Å². The highest BCUT2D eigenvalue weighted by molar-refractivity contribution is 6.37. The molecule has 0 unspecified atom stereocenters. The number of hydrogen-bond donors (Lipinski definition) is 1. The van der Waals surface area contributed by atoms with Crippen LogP contribution in [0.2, 0.25) is 5.02 Å². The fourth-order valence-corrected chi connectivity index (χ4v) is 2.26. The molecule has 27 heavy (non-hydrogen) atoms. The SMILES string of the molecule is CCOC(=O)/C(=C\Nc1ccc(F)cc1F)C(=O)c1cc(F)c(F)cc1Cl. The number of carbonyl (C=O) groups is 2. The molecule has 9 heteroatoms. The van der Waals surface area contributed by atoms with Crippen molar-refractivity contribution in [3.8, 4) is 0 Å². The first-order valence-electron chi connectivity index (χ1n) is 7.52. The molecular formula is C18H12ClF4NO3. The molecule has 0 heterocycles. The number of nitrogens with one attached hydrogen (secondary N) is 1. The van der Waals surface area contributed by atoms with Crippen molar-refractivity contribution in [1.29, 1.82) is 0 Å². The Morgan fingerprint density at radius 1 is 1.07 bits per heavy atom. The van der Waals surface area contributed by atoms with E-state index in [0.29, 0.717) is 18.2 Å². The quantitative estimate of drug-likeness (QED) is 0.146. The summed E-state index contributed by atoms with van der Waals surface area (Å²) in [5.41, 5.74) is -1.37. The first kappa shape index (κ1) is 20.4. The van der Waals surface area contributed by atoms with E-state index in [4.69, 9.17) is 16.3 Å². The normalized spacial score (nSPS) is 11.3. The summed E-state index contributed by atoms with van der Waals surface area (Å²) in [6.07, 6.45) is 0.814. The van der Waals surface area contributed by atoms with Crippen LogP contribution in [0.5, 0.6) is 0 Å². The van der Waals surface area contributed by atoms with Crippen molar-refractivity contribution < 1.29 is 31.9 Å². The lowest BCUT2D eigenvalue weighted by molar-refractivity contribution is -0.138. The molecule has 0 saturated heterocycles. The van der Waals surface area contributed by atoms with Crippen molar-refractivity contribution in [3.63, 3.8) is 0 Å². The van der Waals surface area contributed by atoms with Gasteiger partial charge in [0.15, 0.2) is 11.6 Å². The number of ketones is 1. The molecule has 0 aliphatic heterocycles. The highest BCUT2D eigenvalue weighted by Crippen LogP contribution is 2.24. The summed E-state index contributed by atoms with van der Waals surface area (Å²) >= 11 is 5.75. The molecule has 2 aromatic carbocycles. The zero-order chi connectivity index (χ0) is 20.1. The smallest absolute Gasteiger partial charge is 0.343 e. The Morgan fingerprint density at radius 2 is 1.74 bits per heavy atom. The van der Waals surface area contributed by atoms with Crippen LogP contribution in [0.1, 0.15) is 17.3 Å². The van der Waals surface area contributed by atoms with Crippen LogP contribution in [0.25, 0.3) is 0 Å². The summed E-state index contributed by atoms with van der Waals surface area (Å²) in [6, 6.07) is 3.70. The van der Waals surface area contributed by atoms with Gasteiger partial charge in [-0.2, -0.15) is 0 Å². The van der Waals surface area contributed by atoms with Gasteiger partial charge in [0.05, 0.1) is 17.3 Å². The maximum Gasteiger partial charge on any atom is 0.343 e. The van der Waals surface area contributed by atoms with Crippen LogP contribution in [0, 0.1) is 23.3 Å². The molecule has 1 N–H and O–H groups in total. The highest BCUT2D eigenvalue weighted by Gasteiger charge is 2.25. The third-order valence-electron chi connectivity index (χ3n) is 3.30. The van der Waals surface area contributed by atoms with Crippen molar-refractivity contribution in [2.75, 3.05) is 11.9 Å². The molecule has 2 aromatic rings. The third kappa shape index (κ3) is 4.85. The molecule has 0 saturated carbocycles. The molecule has 0 aliphatic carbocycles. The standard InChI is InChI=1S/C18H12ClF4NO3/c1-2-27-18(26)11(8-24-16-4-3-9(20)5-15(16)23)17(25)10-6-13(21)14(22)7-12(10)19/h3-8,24H,2H2,1H3/b11-8-. The largest absolute Gasteiger partial charge is 0.462 e. The minimum atomic E-state index is -1.34. The number of halogens is 5. The van der Waals surface area contributed by atoms with Crippen molar-refractivity contribution in [1.82, 2.24) is 0 Å². The molecule has 0 aromatic heterocycles. The molecule has 0 radical (unpaired) electrons. The third-order valence-corrected chi connectivity index (χ3v) is 3.61. The molecule has 0 atom stereocenters. The summed E-state index contributed by atoms with van der Waals surface area (Å²) in [7, 11) is 0. The highest BCUT2D eigenvalue weighted by atomic mass is 35.5. The van der Waals surface area contributed by atoms with Crippen molar-refractivity contribution in [3.05, 3.63) is 76.0 Å². The van der Waals surface area contributed by atoms with Crippen LogP contribution in [0.15, 0.2) is 42.1 Å². The van der Waals surface area contributed by atoms with E-state index in [0.717, 1.165) is 18.3 Å². The number of rotatable bonds is 6. The summed E-state index contributed by atoms with van der Waals surface area (Å²) in [6.45, 7) is 1.40. The molecule has 4 nitrogen and oxygen atoms in total. The Labute approximate surface area is 156 Å². The maximum atomic E-state index is 13.7. The van der Waals surface area contributed by atoms with E-state index in [2.05, 4.69) is 5.32 Å². The van der Waals surface area contributed by atoms with Gasteiger partial charge in [0.1, 0.15) is 17.2 Å². The summed E-state index contributed by atoms with van der Waals surface area (Å²) in [5, 5.41) is 1.91. The van der Waals surface area contributed by atoms with Crippen LogP contribution < -0.4 is 5.32 Å². The zero-order valence-corrected chi connectivity index (χ0v) is 14.5. The molecule has 0 aliphatic rings. The Hall–Kier alpha value is -2.87. The zero-order valence-electron chi connectivity index (χ0n) is 13.8. The lowest BCUT2D eigenvalue weighted by Crippen LogP contribution is -2.18. The van der Waals surface area contributed by atoms with Gasteiger partial charge in [-0.15, -0.1) is 0 Å². The topological polar surface area (TPSA) is 55.4 Å². The van der Waals surface area contributed by atoms with Gasteiger partial charge in [-0.1, -0.05) is 11.6 Å². The monoisotopic (exact) mass is 401 g/mol. The van der Waals surface area contributed by atoms with E-state index in [9.17, 15) is 27.2 Å². The Kier molecular flexibility index (Phi) is 6.57. The van der Waals surface area contributed by atoms with E-state index >= 15 is 0 Å². The lowest BCUT2D eigenvalue weighted by Gasteiger charge is -2.10. The average molecular weight is 402 g/mol. The second kappa shape index (κ2) is 8.68. The molecule has 2 rings (SSSR count). The van der Waals surface area contributed by atoms with E-state index < -0.39 is 51.2 Å². The van der Waals surface area contributed by atoms with Gasteiger partial charge in [-0.25, -0.2) is 22.4 Å². The van der Waals surface area contributed by atoms with Gasteiger partial charge in [0, 0.05) is 17.8 Å². The van der Waals surface area contributed by atoms with Crippen LogP contribution in [0.3, 0.4) is 0 Å². The number of carbonyl (C=O) groups excluding carboxylic acids is 2. The molecular weight excluding hydrogens is 390 g/mol. The molecule has 0 amide bonds. The van der Waals surface area contributed by atoms with E-state index in [-0.39, 0.29) is 12.3 Å².